The number of aryl methyl sites for hydroxylation is 1. The van der Waals surface area contributed by atoms with Gasteiger partial charge in [0.2, 0.25) is 0 Å². The molecule has 0 bridgehead atoms. The van der Waals surface area contributed by atoms with Crippen molar-refractivity contribution in [1.82, 2.24) is 20.0 Å². The Labute approximate surface area is 101 Å². The molecule has 0 spiro atoms. The first kappa shape index (κ1) is 11.6. The molecule has 0 amide bonds. The third-order valence-corrected chi connectivity index (χ3v) is 2.42. The summed E-state index contributed by atoms with van der Waals surface area (Å²) < 4.78 is 1.89. The number of anilines is 1. The standard InChI is InChI=1S/C12H17N5/c1-3-8-17-11(9-14-16-17)10-6-5-7-12(15-10)13-4-2/h5-7,9H,3-4,8H2,1-2H3,(H,13,15). The van der Waals surface area contributed by atoms with Crippen LogP contribution in [0.1, 0.15) is 20.3 Å². The van der Waals surface area contributed by atoms with E-state index in [-0.39, 0.29) is 0 Å². The molecule has 0 aliphatic rings. The van der Waals surface area contributed by atoms with E-state index >= 15 is 0 Å². The summed E-state index contributed by atoms with van der Waals surface area (Å²) in [7, 11) is 0. The van der Waals surface area contributed by atoms with E-state index in [1.165, 1.54) is 0 Å². The molecule has 0 unspecified atom stereocenters. The first-order chi connectivity index (χ1) is 8.35. The molecular formula is C12H17N5. The fraction of sp³-hybridized carbons (Fsp3) is 0.417. The minimum atomic E-state index is 0.864. The number of nitrogens with one attached hydrogen (secondary N) is 1. The predicted molar refractivity (Wildman–Crippen MR) is 67.7 cm³/mol. The van der Waals surface area contributed by atoms with Crippen LogP contribution in [0.25, 0.3) is 11.4 Å². The Balaban J connectivity index is 2.31. The van der Waals surface area contributed by atoms with Gasteiger partial charge in [0, 0.05) is 13.1 Å². The lowest BCUT2D eigenvalue weighted by Gasteiger charge is -2.06. The Hall–Kier alpha value is -1.91. The van der Waals surface area contributed by atoms with Crippen molar-refractivity contribution < 1.29 is 0 Å². The molecule has 2 rings (SSSR count). The van der Waals surface area contributed by atoms with Crippen LogP contribution in [-0.2, 0) is 6.54 Å². The zero-order chi connectivity index (χ0) is 12.1. The summed E-state index contributed by atoms with van der Waals surface area (Å²) in [6.45, 7) is 5.90. The molecule has 5 nitrogen and oxygen atoms in total. The largest absolute Gasteiger partial charge is 0.370 e. The zero-order valence-corrected chi connectivity index (χ0v) is 10.2. The van der Waals surface area contributed by atoms with Crippen molar-refractivity contribution in [2.75, 3.05) is 11.9 Å². The van der Waals surface area contributed by atoms with Gasteiger partial charge in [-0.1, -0.05) is 18.2 Å². The first-order valence-electron chi connectivity index (χ1n) is 5.95. The highest BCUT2D eigenvalue weighted by Gasteiger charge is 2.07. The molecule has 0 atom stereocenters. The van der Waals surface area contributed by atoms with Gasteiger partial charge in [-0.05, 0) is 25.5 Å². The summed E-state index contributed by atoms with van der Waals surface area (Å²) in [5.74, 6) is 0.884. The van der Waals surface area contributed by atoms with Gasteiger partial charge in [-0.2, -0.15) is 0 Å². The van der Waals surface area contributed by atoms with Crippen LogP contribution in [0.3, 0.4) is 0 Å². The Morgan fingerprint density at radius 2 is 2.18 bits per heavy atom. The molecule has 2 aromatic rings. The lowest BCUT2D eigenvalue weighted by Crippen LogP contribution is -2.04. The third-order valence-electron chi connectivity index (χ3n) is 2.42. The van der Waals surface area contributed by atoms with Gasteiger partial charge >= 0.3 is 0 Å². The zero-order valence-electron chi connectivity index (χ0n) is 10.2. The highest BCUT2D eigenvalue weighted by molar-refractivity contribution is 5.56. The fourth-order valence-electron chi connectivity index (χ4n) is 1.69. The van der Waals surface area contributed by atoms with Crippen molar-refractivity contribution in [3.8, 4) is 11.4 Å². The molecule has 0 aliphatic carbocycles. The molecule has 5 heteroatoms. The second-order valence-electron chi connectivity index (χ2n) is 3.78. The SMILES string of the molecule is CCCn1nncc1-c1cccc(NCC)n1. The van der Waals surface area contributed by atoms with Gasteiger partial charge in [0.15, 0.2) is 0 Å². The molecular weight excluding hydrogens is 214 g/mol. The molecule has 2 aromatic heterocycles. The monoisotopic (exact) mass is 231 g/mol. The second kappa shape index (κ2) is 5.43. The Kier molecular flexibility index (Phi) is 3.69. The Bertz CT molecular complexity index is 477. The fourth-order valence-corrected chi connectivity index (χ4v) is 1.69. The first-order valence-corrected chi connectivity index (χ1v) is 5.95. The highest BCUT2D eigenvalue weighted by atomic mass is 15.4. The van der Waals surface area contributed by atoms with Crippen LogP contribution in [0, 0.1) is 0 Å². The summed E-state index contributed by atoms with van der Waals surface area (Å²) in [6, 6.07) is 5.93. The normalized spacial score (nSPS) is 10.5. The smallest absolute Gasteiger partial charge is 0.126 e. The van der Waals surface area contributed by atoms with E-state index in [1.54, 1.807) is 6.20 Å². The highest BCUT2D eigenvalue weighted by Crippen LogP contribution is 2.17. The van der Waals surface area contributed by atoms with Gasteiger partial charge < -0.3 is 5.32 Å². The summed E-state index contributed by atoms with van der Waals surface area (Å²) in [5, 5.41) is 11.2. The molecule has 17 heavy (non-hydrogen) atoms. The lowest BCUT2D eigenvalue weighted by molar-refractivity contribution is 0.583. The van der Waals surface area contributed by atoms with Gasteiger partial charge in [0.25, 0.3) is 0 Å². The van der Waals surface area contributed by atoms with E-state index in [4.69, 9.17) is 0 Å². The lowest BCUT2D eigenvalue weighted by atomic mass is 10.3. The number of hydrogen-bond acceptors (Lipinski definition) is 4. The molecule has 0 fully saturated rings. The minimum absolute atomic E-state index is 0.864. The van der Waals surface area contributed by atoms with Gasteiger partial charge in [0.1, 0.15) is 11.5 Å². The minimum Gasteiger partial charge on any atom is -0.370 e. The van der Waals surface area contributed by atoms with E-state index in [9.17, 15) is 0 Å². The van der Waals surface area contributed by atoms with Crippen LogP contribution in [0.4, 0.5) is 5.82 Å². The molecule has 0 aliphatic heterocycles. The number of aromatic nitrogens is 4. The van der Waals surface area contributed by atoms with Crippen LogP contribution in [0.5, 0.6) is 0 Å². The molecule has 0 aromatic carbocycles. The molecule has 0 saturated heterocycles. The van der Waals surface area contributed by atoms with Crippen LogP contribution >= 0.6 is 0 Å². The maximum atomic E-state index is 4.54. The maximum Gasteiger partial charge on any atom is 0.126 e. The van der Waals surface area contributed by atoms with Gasteiger partial charge in [-0.3, -0.25) is 0 Å². The van der Waals surface area contributed by atoms with E-state index in [0.29, 0.717) is 0 Å². The molecule has 90 valence electrons. The number of pyridine rings is 1. The van der Waals surface area contributed by atoms with Gasteiger partial charge in [0.05, 0.1) is 11.9 Å². The molecule has 0 saturated carbocycles. The van der Waals surface area contributed by atoms with Crippen molar-refractivity contribution in [3.63, 3.8) is 0 Å². The average Bonchev–Trinajstić information content (AvgIpc) is 2.79. The van der Waals surface area contributed by atoms with Crippen molar-refractivity contribution in [2.45, 2.75) is 26.8 Å². The summed E-state index contributed by atoms with van der Waals surface area (Å²) in [4.78, 5) is 4.54. The summed E-state index contributed by atoms with van der Waals surface area (Å²) >= 11 is 0. The van der Waals surface area contributed by atoms with Crippen LogP contribution in [0.15, 0.2) is 24.4 Å². The number of rotatable bonds is 5. The molecule has 1 N–H and O–H groups in total. The van der Waals surface area contributed by atoms with Crippen molar-refractivity contribution in [1.29, 1.82) is 0 Å². The van der Waals surface area contributed by atoms with Crippen molar-refractivity contribution in [2.24, 2.45) is 0 Å². The van der Waals surface area contributed by atoms with Crippen molar-refractivity contribution in [3.05, 3.63) is 24.4 Å². The maximum absolute atomic E-state index is 4.54. The van der Waals surface area contributed by atoms with Crippen LogP contribution in [0.2, 0.25) is 0 Å². The molecule has 2 heterocycles. The second-order valence-corrected chi connectivity index (χ2v) is 3.78. The van der Waals surface area contributed by atoms with E-state index < -0.39 is 0 Å². The third kappa shape index (κ3) is 2.61. The summed E-state index contributed by atoms with van der Waals surface area (Å²) in [6.07, 6.45) is 2.79. The van der Waals surface area contributed by atoms with E-state index in [0.717, 1.165) is 36.7 Å². The van der Waals surface area contributed by atoms with E-state index in [2.05, 4.69) is 34.5 Å². The van der Waals surface area contributed by atoms with Gasteiger partial charge in [-0.15, -0.1) is 5.10 Å². The summed E-state index contributed by atoms with van der Waals surface area (Å²) in [5.41, 5.74) is 1.87. The average molecular weight is 231 g/mol. The van der Waals surface area contributed by atoms with Crippen LogP contribution < -0.4 is 5.32 Å². The molecule has 0 radical (unpaired) electrons. The Morgan fingerprint density at radius 1 is 1.29 bits per heavy atom. The predicted octanol–water partition coefficient (Wildman–Crippen LogP) is 2.18. The quantitative estimate of drug-likeness (QED) is 0.857. The van der Waals surface area contributed by atoms with Gasteiger partial charge in [-0.25, -0.2) is 9.67 Å². The Morgan fingerprint density at radius 3 is 2.94 bits per heavy atom. The van der Waals surface area contributed by atoms with E-state index in [1.807, 2.05) is 22.9 Å². The van der Waals surface area contributed by atoms with Crippen molar-refractivity contribution >= 4 is 5.82 Å². The number of nitrogens with zero attached hydrogens (tertiary/aromatic N) is 4. The topological polar surface area (TPSA) is 55.6 Å². The number of hydrogen-bond donors (Lipinski definition) is 1. The van der Waals surface area contributed by atoms with Crippen LogP contribution in [-0.4, -0.2) is 26.5 Å².